The Hall–Kier alpha value is -1.12. The van der Waals surface area contributed by atoms with Crippen molar-refractivity contribution in [2.75, 3.05) is 0 Å². The molecule has 0 aliphatic heterocycles. The molecule has 0 radical (unpaired) electrons. The van der Waals surface area contributed by atoms with Crippen molar-refractivity contribution in [1.29, 1.82) is 0 Å². The largest absolute Gasteiger partial charge is 0.318 e. The SMILES string of the molecule is Cc1ccc(C)c(C(C)(N)c2ccc(Br)cc2)c1. The van der Waals surface area contributed by atoms with Gasteiger partial charge in [-0.1, -0.05) is 51.8 Å². The van der Waals surface area contributed by atoms with E-state index < -0.39 is 5.54 Å². The van der Waals surface area contributed by atoms with E-state index in [1.54, 1.807) is 0 Å². The van der Waals surface area contributed by atoms with E-state index in [0.717, 1.165) is 10.0 Å². The molecule has 0 heterocycles. The molecule has 0 aliphatic rings. The smallest absolute Gasteiger partial charge is 0.0639 e. The summed E-state index contributed by atoms with van der Waals surface area (Å²) < 4.78 is 1.07. The van der Waals surface area contributed by atoms with Crippen LogP contribution >= 0.6 is 15.9 Å². The van der Waals surface area contributed by atoms with Gasteiger partial charge in [0.1, 0.15) is 0 Å². The molecule has 0 spiro atoms. The summed E-state index contributed by atoms with van der Waals surface area (Å²) in [6.45, 7) is 6.28. The van der Waals surface area contributed by atoms with Crippen molar-refractivity contribution in [2.45, 2.75) is 26.3 Å². The zero-order chi connectivity index (χ0) is 13.3. The van der Waals surface area contributed by atoms with Crippen LogP contribution in [0.1, 0.15) is 29.2 Å². The van der Waals surface area contributed by atoms with Crippen LogP contribution in [0.15, 0.2) is 46.9 Å². The molecule has 0 saturated carbocycles. The molecule has 0 saturated heterocycles. The molecule has 2 aromatic carbocycles. The summed E-state index contributed by atoms with van der Waals surface area (Å²) in [5, 5.41) is 0. The molecule has 0 aliphatic carbocycles. The predicted molar refractivity (Wildman–Crippen MR) is 80.7 cm³/mol. The highest BCUT2D eigenvalue weighted by atomic mass is 79.9. The van der Waals surface area contributed by atoms with Gasteiger partial charge in [-0.2, -0.15) is 0 Å². The van der Waals surface area contributed by atoms with E-state index in [4.69, 9.17) is 5.73 Å². The summed E-state index contributed by atoms with van der Waals surface area (Å²) in [5.41, 5.74) is 10.9. The average molecular weight is 304 g/mol. The van der Waals surface area contributed by atoms with E-state index >= 15 is 0 Å². The molecule has 2 heteroatoms. The minimum Gasteiger partial charge on any atom is -0.318 e. The van der Waals surface area contributed by atoms with Crippen LogP contribution in [-0.4, -0.2) is 0 Å². The summed E-state index contributed by atoms with van der Waals surface area (Å²) >= 11 is 3.45. The number of halogens is 1. The van der Waals surface area contributed by atoms with Gasteiger partial charge in [0.2, 0.25) is 0 Å². The first-order valence-electron chi connectivity index (χ1n) is 6.04. The standard InChI is InChI=1S/C16H18BrN/c1-11-4-5-12(2)15(10-11)16(3,18)13-6-8-14(17)9-7-13/h4-10H,18H2,1-3H3. The second-order valence-electron chi connectivity index (χ2n) is 5.03. The maximum absolute atomic E-state index is 6.56. The fraction of sp³-hybridized carbons (Fsp3) is 0.250. The van der Waals surface area contributed by atoms with Crippen molar-refractivity contribution in [2.24, 2.45) is 5.73 Å². The van der Waals surface area contributed by atoms with Crippen LogP contribution in [-0.2, 0) is 5.54 Å². The van der Waals surface area contributed by atoms with Crippen molar-refractivity contribution in [3.05, 3.63) is 69.2 Å². The Labute approximate surface area is 117 Å². The highest BCUT2D eigenvalue weighted by molar-refractivity contribution is 9.10. The number of aryl methyl sites for hydroxylation is 2. The Morgan fingerprint density at radius 1 is 1.00 bits per heavy atom. The molecule has 0 fully saturated rings. The summed E-state index contributed by atoms with van der Waals surface area (Å²) in [6, 6.07) is 14.7. The van der Waals surface area contributed by atoms with Gasteiger partial charge in [0, 0.05) is 4.47 Å². The van der Waals surface area contributed by atoms with Crippen molar-refractivity contribution < 1.29 is 0 Å². The lowest BCUT2D eigenvalue weighted by atomic mass is 9.82. The van der Waals surface area contributed by atoms with Crippen LogP contribution in [0.3, 0.4) is 0 Å². The third-order valence-electron chi connectivity index (χ3n) is 3.40. The summed E-state index contributed by atoms with van der Waals surface area (Å²) in [4.78, 5) is 0. The molecule has 1 unspecified atom stereocenters. The number of hydrogen-bond acceptors (Lipinski definition) is 1. The van der Waals surface area contributed by atoms with Crippen LogP contribution < -0.4 is 5.73 Å². The Morgan fingerprint density at radius 3 is 2.22 bits per heavy atom. The normalized spacial score (nSPS) is 14.3. The molecule has 18 heavy (non-hydrogen) atoms. The minimum atomic E-state index is -0.462. The van der Waals surface area contributed by atoms with E-state index in [1.165, 1.54) is 16.7 Å². The molecule has 1 nitrogen and oxygen atoms in total. The minimum absolute atomic E-state index is 0.462. The molecule has 94 valence electrons. The summed E-state index contributed by atoms with van der Waals surface area (Å²) in [6.07, 6.45) is 0. The topological polar surface area (TPSA) is 26.0 Å². The molecule has 0 bridgehead atoms. The van der Waals surface area contributed by atoms with Crippen molar-refractivity contribution in [3.63, 3.8) is 0 Å². The highest BCUT2D eigenvalue weighted by Crippen LogP contribution is 2.30. The third-order valence-corrected chi connectivity index (χ3v) is 3.93. The van der Waals surface area contributed by atoms with Gasteiger partial charge in [-0.25, -0.2) is 0 Å². The van der Waals surface area contributed by atoms with Gasteiger partial charge in [-0.3, -0.25) is 0 Å². The van der Waals surface area contributed by atoms with Crippen LogP contribution in [0.2, 0.25) is 0 Å². The third kappa shape index (κ3) is 2.50. The lowest BCUT2D eigenvalue weighted by Crippen LogP contribution is -2.35. The Kier molecular flexibility index (Phi) is 3.60. The van der Waals surface area contributed by atoms with Gasteiger partial charge < -0.3 is 5.73 Å². The first-order valence-corrected chi connectivity index (χ1v) is 6.83. The molecule has 2 rings (SSSR count). The maximum Gasteiger partial charge on any atom is 0.0639 e. The number of hydrogen-bond donors (Lipinski definition) is 1. The fourth-order valence-corrected chi connectivity index (χ4v) is 2.51. The molecule has 1 atom stereocenters. The molecule has 2 aromatic rings. The van der Waals surface area contributed by atoms with Gasteiger partial charge in [-0.05, 0) is 49.6 Å². The Morgan fingerprint density at radius 2 is 1.61 bits per heavy atom. The first kappa shape index (κ1) is 13.3. The maximum atomic E-state index is 6.56. The average Bonchev–Trinajstić information content (AvgIpc) is 2.32. The molecule has 2 N–H and O–H groups in total. The lowest BCUT2D eigenvalue weighted by Gasteiger charge is -2.28. The lowest BCUT2D eigenvalue weighted by molar-refractivity contribution is 0.598. The van der Waals surface area contributed by atoms with Crippen molar-refractivity contribution >= 4 is 15.9 Å². The zero-order valence-electron chi connectivity index (χ0n) is 11.0. The van der Waals surface area contributed by atoms with Gasteiger partial charge >= 0.3 is 0 Å². The quantitative estimate of drug-likeness (QED) is 0.880. The van der Waals surface area contributed by atoms with E-state index in [9.17, 15) is 0 Å². The van der Waals surface area contributed by atoms with E-state index in [1.807, 2.05) is 12.1 Å². The van der Waals surface area contributed by atoms with Crippen molar-refractivity contribution in [1.82, 2.24) is 0 Å². The number of nitrogens with two attached hydrogens (primary N) is 1. The fourth-order valence-electron chi connectivity index (χ4n) is 2.25. The molecule has 0 aromatic heterocycles. The monoisotopic (exact) mass is 303 g/mol. The number of benzene rings is 2. The van der Waals surface area contributed by atoms with Gasteiger partial charge in [0.15, 0.2) is 0 Å². The summed E-state index contributed by atoms with van der Waals surface area (Å²) in [5.74, 6) is 0. The molecular formula is C16H18BrN. The Bertz CT molecular complexity index is 556. The Balaban J connectivity index is 2.53. The number of rotatable bonds is 2. The second kappa shape index (κ2) is 4.87. The van der Waals surface area contributed by atoms with Crippen LogP contribution in [0, 0.1) is 13.8 Å². The zero-order valence-corrected chi connectivity index (χ0v) is 12.6. The summed E-state index contributed by atoms with van der Waals surface area (Å²) in [7, 11) is 0. The molecule has 0 amide bonds. The van der Waals surface area contributed by atoms with Crippen LogP contribution in [0.25, 0.3) is 0 Å². The van der Waals surface area contributed by atoms with Gasteiger partial charge in [0.25, 0.3) is 0 Å². The predicted octanol–water partition coefficient (Wildman–Crippen LogP) is 4.29. The van der Waals surface area contributed by atoms with E-state index in [0.29, 0.717) is 0 Å². The van der Waals surface area contributed by atoms with Crippen molar-refractivity contribution in [3.8, 4) is 0 Å². The highest BCUT2D eigenvalue weighted by Gasteiger charge is 2.25. The first-order chi connectivity index (χ1) is 8.41. The van der Waals surface area contributed by atoms with Gasteiger partial charge in [-0.15, -0.1) is 0 Å². The van der Waals surface area contributed by atoms with E-state index in [-0.39, 0.29) is 0 Å². The molecular weight excluding hydrogens is 286 g/mol. The van der Waals surface area contributed by atoms with Crippen LogP contribution in [0.4, 0.5) is 0 Å². The van der Waals surface area contributed by atoms with E-state index in [2.05, 4.69) is 67.0 Å². The van der Waals surface area contributed by atoms with Gasteiger partial charge in [0.05, 0.1) is 5.54 Å². The second-order valence-corrected chi connectivity index (χ2v) is 5.94. The van der Waals surface area contributed by atoms with Crippen LogP contribution in [0.5, 0.6) is 0 Å².